The number of hydrogen-bond donors (Lipinski definition) is 1. The Kier molecular flexibility index (Phi) is 3.37. The van der Waals surface area contributed by atoms with Gasteiger partial charge in [0.25, 0.3) is 0 Å². The fourth-order valence-electron chi connectivity index (χ4n) is 2.20. The number of nitrogens with one attached hydrogen (secondary N) is 1. The normalized spacial score (nSPS) is 15.5. The molecule has 2 aromatic rings. The zero-order chi connectivity index (χ0) is 13.1. The van der Waals surface area contributed by atoms with Crippen LogP contribution in [0.15, 0.2) is 36.4 Å². The van der Waals surface area contributed by atoms with Crippen LogP contribution >= 0.6 is 0 Å². The molecule has 0 atom stereocenters. The Morgan fingerprint density at radius 1 is 1.00 bits per heavy atom. The molecule has 0 radical (unpaired) electrons. The molecule has 1 fully saturated rings. The molecule has 1 aromatic carbocycles. The smallest absolute Gasteiger partial charge is 0.151 e. The average molecular weight is 258 g/mol. The lowest BCUT2D eigenvalue weighted by Gasteiger charge is -2.27. The topological polar surface area (TPSA) is 41.0 Å². The maximum Gasteiger partial charge on any atom is 0.151 e. The lowest BCUT2D eigenvalue weighted by atomic mass is 10.1. The van der Waals surface area contributed by atoms with Crippen LogP contribution in [0.4, 0.5) is 10.2 Å². The zero-order valence-electron chi connectivity index (χ0n) is 10.5. The minimum Gasteiger partial charge on any atom is -0.353 e. The molecule has 5 heteroatoms. The van der Waals surface area contributed by atoms with E-state index in [4.69, 9.17) is 0 Å². The molecular weight excluding hydrogens is 243 g/mol. The van der Waals surface area contributed by atoms with Gasteiger partial charge >= 0.3 is 0 Å². The third kappa shape index (κ3) is 2.56. The van der Waals surface area contributed by atoms with Crippen molar-refractivity contribution in [1.29, 1.82) is 0 Å². The molecule has 1 aliphatic heterocycles. The van der Waals surface area contributed by atoms with Gasteiger partial charge in [0.2, 0.25) is 0 Å². The van der Waals surface area contributed by atoms with Gasteiger partial charge in [-0.3, -0.25) is 0 Å². The molecule has 98 valence electrons. The summed E-state index contributed by atoms with van der Waals surface area (Å²) in [5.41, 5.74) is 1.05. The first kappa shape index (κ1) is 12.0. The lowest BCUT2D eigenvalue weighted by molar-refractivity contribution is 0.582. The van der Waals surface area contributed by atoms with Gasteiger partial charge in [0.15, 0.2) is 5.82 Å². The van der Waals surface area contributed by atoms with Crippen molar-refractivity contribution in [3.63, 3.8) is 0 Å². The van der Waals surface area contributed by atoms with Gasteiger partial charge in [-0.25, -0.2) is 4.39 Å². The molecule has 1 aromatic heterocycles. The van der Waals surface area contributed by atoms with Crippen LogP contribution < -0.4 is 10.2 Å². The standard InChI is InChI=1S/C14H15FN4/c15-12-4-2-1-3-11(12)13-5-6-14(18-17-13)19-9-7-16-8-10-19/h1-6,16H,7-10H2. The van der Waals surface area contributed by atoms with Crippen LogP contribution in [0.5, 0.6) is 0 Å². The average Bonchev–Trinajstić information content (AvgIpc) is 2.49. The maximum atomic E-state index is 13.6. The molecule has 1 N–H and O–H groups in total. The van der Waals surface area contributed by atoms with Crippen molar-refractivity contribution in [1.82, 2.24) is 15.5 Å². The summed E-state index contributed by atoms with van der Waals surface area (Å²) in [6.45, 7) is 3.76. The lowest BCUT2D eigenvalue weighted by Crippen LogP contribution is -2.43. The highest BCUT2D eigenvalue weighted by Gasteiger charge is 2.13. The predicted octanol–water partition coefficient (Wildman–Crippen LogP) is 1.69. The van der Waals surface area contributed by atoms with Crippen molar-refractivity contribution < 1.29 is 4.39 Å². The van der Waals surface area contributed by atoms with Gasteiger partial charge in [0.1, 0.15) is 5.82 Å². The number of piperazine rings is 1. The summed E-state index contributed by atoms with van der Waals surface area (Å²) in [4.78, 5) is 2.18. The van der Waals surface area contributed by atoms with Crippen molar-refractivity contribution in [2.24, 2.45) is 0 Å². The van der Waals surface area contributed by atoms with Crippen LogP contribution in [0, 0.1) is 5.82 Å². The van der Waals surface area contributed by atoms with E-state index in [2.05, 4.69) is 20.4 Å². The number of anilines is 1. The molecule has 3 rings (SSSR count). The summed E-state index contributed by atoms with van der Waals surface area (Å²) >= 11 is 0. The van der Waals surface area contributed by atoms with E-state index in [1.807, 2.05) is 12.1 Å². The van der Waals surface area contributed by atoms with Gasteiger partial charge in [-0.05, 0) is 24.3 Å². The van der Waals surface area contributed by atoms with Crippen molar-refractivity contribution >= 4 is 5.82 Å². The Labute approximate surface area is 111 Å². The van der Waals surface area contributed by atoms with Gasteiger partial charge in [-0.2, -0.15) is 0 Å². The summed E-state index contributed by atoms with van der Waals surface area (Å²) in [6, 6.07) is 10.3. The largest absolute Gasteiger partial charge is 0.353 e. The van der Waals surface area contributed by atoms with Gasteiger partial charge in [-0.1, -0.05) is 12.1 Å². The molecule has 4 nitrogen and oxygen atoms in total. The van der Waals surface area contributed by atoms with E-state index in [1.165, 1.54) is 6.07 Å². The van der Waals surface area contributed by atoms with E-state index in [0.717, 1.165) is 32.0 Å². The molecule has 0 bridgehead atoms. The van der Waals surface area contributed by atoms with Crippen molar-refractivity contribution in [3.8, 4) is 11.3 Å². The third-order valence-electron chi connectivity index (χ3n) is 3.24. The Morgan fingerprint density at radius 2 is 1.79 bits per heavy atom. The first-order valence-corrected chi connectivity index (χ1v) is 6.39. The SMILES string of the molecule is Fc1ccccc1-c1ccc(N2CCNCC2)nn1. The Morgan fingerprint density at radius 3 is 2.47 bits per heavy atom. The third-order valence-corrected chi connectivity index (χ3v) is 3.24. The van der Waals surface area contributed by atoms with Crippen molar-refractivity contribution in [3.05, 3.63) is 42.2 Å². The number of nitrogens with zero attached hydrogens (tertiary/aromatic N) is 3. The number of halogens is 1. The number of aromatic nitrogens is 2. The van der Waals surface area contributed by atoms with E-state index < -0.39 is 0 Å². The van der Waals surface area contributed by atoms with Gasteiger partial charge in [0.05, 0.1) is 5.69 Å². The predicted molar refractivity (Wildman–Crippen MR) is 72.5 cm³/mol. The number of hydrogen-bond acceptors (Lipinski definition) is 4. The maximum absolute atomic E-state index is 13.6. The van der Waals surface area contributed by atoms with E-state index in [0.29, 0.717) is 11.3 Å². The van der Waals surface area contributed by atoms with Gasteiger partial charge < -0.3 is 10.2 Å². The van der Waals surface area contributed by atoms with Crippen LogP contribution in [0.1, 0.15) is 0 Å². The van der Waals surface area contributed by atoms with Crippen LogP contribution in [-0.2, 0) is 0 Å². The second-order valence-electron chi connectivity index (χ2n) is 4.49. The van der Waals surface area contributed by atoms with Crippen molar-refractivity contribution in [2.75, 3.05) is 31.1 Å². The second kappa shape index (κ2) is 5.32. The fraction of sp³-hybridized carbons (Fsp3) is 0.286. The quantitative estimate of drug-likeness (QED) is 0.890. The number of rotatable bonds is 2. The van der Waals surface area contributed by atoms with E-state index in [-0.39, 0.29) is 5.82 Å². The highest BCUT2D eigenvalue weighted by atomic mass is 19.1. The Bertz CT molecular complexity index is 550. The van der Waals surface area contributed by atoms with E-state index in [1.54, 1.807) is 18.2 Å². The highest BCUT2D eigenvalue weighted by Crippen LogP contribution is 2.21. The van der Waals surface area contributed by atoms with Crippen LogP contribution in [0.2, 0.25) is 0 Å². The van der Waals surface area contributed by atoms with E-state index >= 15 is 0 Å². The minimum absolute atomic E-state index is 0.272. The highest BCUT2D eigenvalue weighted by molar-refractivity contribution is 5.60. The molecular formula is C14H15FN4. The van der Waals surface area contributed by atoms with E-state index in [9.17, 15) is 4.39 Å². The molecule has 0 saturated carbocycles. The number of benzene rings is 1. The van der Waals surface area contributed by atoms with Gasteiger partial charge in [0, 0.05) is 31.7 Å². The van der Waals surface area contributed by atoms with Crippen LogP contribution in [0.3, 0.4) is 0 Å². The molecule has 19 heavy (non-hydrogen) atoms. The summed E-state index contributed by atoms with van der Waals surface area (Å²) < 4.78 is 13.6. The summed E-state index contributed by atoms with van der Waals surface area (Å²) in [7, 11) is 0. The zero-order valence-corrected chi connectivity index (χ0v) is 10.5. The molecule has 0 aliphatic carbocycles. The summed E-state index contributed by atoms with van der Waals surface area (Å²) in [5, 5.41) is 11.6. The van der Waals surface area contributed by atoms with Gasteiger partial charge in [-0.15, -0.1) is 10.2 Å². The first-order valence-electron chi connectivity index (χ1n) is 6.39. The summed E-state index contributed by atoms with van der Waals surface area (Å²) in [6.07, 6.45) is 0. The second-order valence-corrected chi connectivity index (χ2v) is 4.49. The monoisotopic (exact) mass is 258 g/mol. The Hall–Kier alpha value is -2.01. The molecule has 1 aliphatic rings. The molecule has 0 spiro atoms. The van der Waals surface area contributed by atoms with Crippen LogP contribution in [-0.4, -0.2) is 36.4 Å². The van der Waals surface area contributed by atoms with Crippen LogP contribution in [0.25, 0.3) is 11.3 Å². The van der Waals surface area contributed by atoms with Crippen molar-refractivity contribution in [2.45, 2.75) is 0 Å². The molecule has 0 amide bonds. The summed E-state index contributed by atoms with van der Waals surface area (Å²) in [5.74, 6) is 0.577. The first-order chi connectivity index (χ1) is 9.34. The molecule has 1 saturated heterocycles. The minimum atomic E-state index is -0.272. The Balaban J connectivity index is 1.84. The fourth-order valence-corrected chi connectivity index (χ4v) is 2.20. The molecule has 0 unspecified atom stereocenters. The molecule has 2 heterocycles.